The highest BCUT2D eigenvalue weighted by molar-refractivity contribution is 7.89. The summed E-state index contributed by atoms with van der Waals surface area (Å²) in [5.41, 5.74) is 0.955. The fraction of sp³-hybridized carbons (Fsp3) is 0.350. The van der Waals surface area contributed by atoms with Gasteiger partial charge in [-0.2, -0.15) is 0 Å². The Labute approximate surface area is 156 Å². The first kappa shape index (κ1) is 20.1. The molecular weight excluding hydrogens is 348 g/mol. The topological polar surface area (TPSA) is 66.5 Å². The Morgan fingerprint density at radius 1 is 1.00 bits per heavy atom. The third kappa shape index (κ3) is 5.41. The van der Waals surface area contributed by atoms with Gasteiger partial charge in [-0.1, -0.05) is 30.3 Å². The number of benzene rings is 2. The van der Waals surface area contributed by atoms with E-state index in [1.54, 1.807) is 37.8 Å². The van der Waals surface area contributed by atoms with E-state index in [4.69, 9.17) is 0 Å². The minimum absolute atomic E-state index is 0.121. The second kappa shape index (κ2) is 8.01. The maximum absolute atomic E-state index is 12.7. The number of hydrogen-bond donors (Lipinski definition) is 1. The molecule has 140 valence electrons. The van der Waals surface area contributed by atoms with Gasteiger partial charge in [-0.15, -0.1) is 0 Å². The Balaban J connectivity index is 2.17. The number of hydrogen-bond acceptors (Lipinski definition) is 3. The lowest BCUT2D eigenvalue weighted by Gasteiger charge is -2.22. The van der Waals surface area contributed by atoms with E-state index >= 15 is 0 Å². The van der Waals surface area contributed by atoms with Crippen LogP contribution in [0, 0.1) is 0 Å². The molecule has 0 unspecified atom stereocenters. The molecule has 1 N–H and O–H groups in total. The lowest BCUT2D eigenvalue weighted by molar-refractivity contribution is 0.0752. The Bertz CT molecular complexity index is 839. The van der Waals surface area contributed by atoms with Crippen LogP contribution in [-0.4, -0.2) is 31.3 Å². The molecule has 1 amide bonds. The monoisotopic (exact) mass is 374 g/mol. The zero-order chi connectivity index (χ0) is 19.4. The number of sulfonamides is 1. The smallest absolute Gasteiger partial charge is 0.254 e. The maximum atomic E-state index is 12.7. The molecule has 0 aliphatic heterocycles. The molecule has 2 aromatic rings. The van der Waals surface area contributed by atoms with Crippen molar-refractivity contribution in [3.8, 4) is 0 Å². The van der Waals surface area contributed by atoms with Gasteiger partial charge < -0.3 is 4.90 Å². The molecule has 0 atom stereocenters. The molecular formula is C20H26N2O3S. The van der Waals surface area contributed by atoms with Gasteiger partial charge in [0.2, 0.25) is 10.0 Å². The summed E-state index contributed by atoms with van der Waals surface area (Å²) in [5.74, 6) is -0.121. The van der Waals surface area contributed by atoms with Crippen molar-refractivity contribution in [2.45, 2.75) is 44.7 Å². The Kier molecular flexibility index (Phi) is 6.21. The summed E-state index contributed by atoms with van der Waals surface area (Å²) in [6.07, 6.45) is 0. The Morgan fingerprint density at radius 3 is 2.08 bits per heavy atom. The van der Waals surface area contributed by atoms with E-state index in [1.807, 2.05) is 37.3 Å². The van der Waals surface area contributed by atoms with Crippen molar-refractivity contribution in [2.75, 3.05) is 6.54 Å². The van der Waals surface area contributed by atoms with Gasteiger partial charge in [-0.05, 0) is 57.5 Å². The van der Waals surface area contributed by atoms with Gasteiger partial charge in [0.25, 0.3) is 5.91 Å². The lowest BCUT2D eigenvalue weighted by Crippen LogP contribution is -2.40. The van der Waals surface area contributed by atoms with E-state index in [2.05, 4.69) is 4.72 Å². The fourth-order valence-corrected chi connectivity index (χ4v) is 3.97. The molecule has 0 aliphatic carbocycles. The van der Waals surface area contributed by atoms with Crippen LogP contribution in [-0.2, 0) is 16.6 Å². The molecule has 0 saturated carbocycles. The third-order valence-corrected chi connectivity index (χ3v) is 5.51. The van der Waals surface area contributed by atoms with Crippen molar-refractivity contribution in [1.82, 2.24) is 9.62 Å². The molecule has 0 bridgehead atoms. The van der Waals surface area contributed by atoms with E-state index in [0.717, 1.165) is 5.56 Å². The number of nitrogens with zero attached hydrogens (tertiary/aromatic N) is 1. The van der Waals surface area contributed by atoms with Crippen LogP contribution < -0.4 is 4.72 Å². The zero-order valence-corrected chi connectivity index (χ0v) is 16.5. The molecule has 0 fully saturated rings. The van der Waals surface area contributed by atoms with E-state index in [0.29, 0.717) is 18.7 Å². The van der Waals surface area contributed by atoms with Crippen molar-refractivity contribution in [2.24, 2.45) is 0 Å². The highest BCUT2D eigenvalue weighted by Gasteiger charge is 2.22. The molecule has 0 aliphatic rings. The quantitative estimate of drug-likeness (QED) is 0.842. The summed E-state index contributed by atoms with van der Waals surface area (Å²) < 4.78 is 27.3. The van der Waals surface area contributed by atoms with Crippen LogP contribution >= 0.6 is 0 Å². The van der Waals surface area contributed by atoms with Gasteiger partial charge in [0.05, 0.1) is 4.90 Å². The number of nitrogens with one attached hydrogen (secondary N) is 1. The summed E-state index contributed by atoms with van der Waals surface area (Å²) in [6.45, 7) is 8.36. The SMILES string of the molecule is CCN(Cc1ccccc1)C(=O)c1ccc(S(=O)(=O)NC(C)(C)C)cc1. The molecule has 2 aromatic carbocycles. The van der Waals surface area contributed by atoms with Crippen LogP contribution in [0.5, 0.6) is 0 Å². The zero-order valence-electron chi connectivity index (χ0n) is 15.7. The van der Waals surface area contributed by atoms with Gasteiger partial charge in [0.1, 0.15) is 0 Å². The number of amides is 1. The molecule has 0 saturated heterocycles. The second-order valence-electron chi connectivity index (χ2n) is 7.18. The van der Waals surface area contributed by atoms with Gasteiger partial charge in [0.15, 0.2) is 0 Å². The number of carbonyl (C=O) groups is 1. The summed E-state index contributed by atoms with van der Waals surface area (Å²) in [6, 6.07) is 15.8. The molecule has 26 heavy (non-hydrogen) atoms. The minimum Gasteiger partial charge on any atom is -0.335 e. The van der Waals surface area contributed by atoms with Crippen LogP contribution in [0.4, 0.5) is 0 Å². The molecule has 6 heteroatoms. The average Bonchev–Trinajstić information content (AvgIpc) is 2.58. The first-order valence-electron chi connectivity index (χ1n) is 8.59. The van der Waals surface area contributed by atoms with E-state index < -0.39 is 15.6 Å². The lowest BCUT2D eigenvalue weighted by atomic mass is 10.1. The van der Waals surface area contributed by atoms with E-state index in [-0.39, 0.29) is 10.8 Å². The normalized spacial score (nSPS) is 12.0. The van der Waals surface area contributed by atoms with E-state index in [9.17, 15) is 13.2 Å². The molecule has 0 aromatic heterocycles. The predicted molar refractivity (Wildman–Crippen MR) is 103 cm³/mol. The van der Waals surface area contributed by atoms with Crippen molar-refractivity contribution in [3.63, 3.8) is 0 Å². The third-order valence-electron chi connectivity index (χ3n) is 3.74. The van der Waals surface area contributed by atoms with Crippen molar-refractivity contribution in [1.29, 1.82) is 0 Å². The van der Waals surface area contributed by atoms with Crippen LogP contribution in [0.15, 0.2) is 59.5 Å². The highest BCUT2D eigenvalue weighted by Crippen LogP contribution is 2.16. The first-order valence-corrected chi connectivity index (χ1v) is 10.1. The predicted octanol–water partition coefficient (Wildman–Crippen LogP) is 3.43. The van der Waals surface area contributed by atoms with Gasteiger partial charge in [-0.25, -0.2) is 13.1 Å². The van der Waals surface area contributed by atoms with Crippen LogP contribution in [0.25, 0.3) is 0 Å². The average molecular weight is 375 g/mol. The van der Waals surface area contributed by atoms with Gasteiger partial charge >= 0.3 is 0 Å². The number of rotatable bonds is 6. The fourth-order valence-electron chi connectivity index (χ4n) is 2.55. The largest absolute Gasteiger partial charge is 0.335 e. The Morgan fingerprint density at radius 2 is 1.58 bits per heavy atom. The standard InChI is InChI=1S/C20H26N2O3S/c1-5-22(15-16-9-7-6-8-10-16)19(23)17-11-13-18(14-12-17)26(24,25)21-20(2,3)4/h6-14,21H,5,15H2,1-4H3. The minimum atomic E-state index is -3.61. The number of carbonyl (C=O) groups excluding carboxylic acids is 1. The van der Waals surface area contributed by atoms with Crippen LogP contribution in [0.3, 0.4) is 0 Å². The molecule has 0 radical (unpaired) electrons. The van der Waals surface area contributed by atoms with Crippen LogP contribution in [0.2, 0.25) is 0 Å². The summed E-state index contributed by atoms with van der Waals surface area (Å²) in [5, 5.41) is 0. The maximum Gasteiger partial charge on any atom is 0.254 e. The van der Waals surface area contributed by atoms with Crippen molar-refractivity contribution in [3.05, 3.63) is 65.7 Å². The summed E-state index contributed by atoms with van der Waals surface area (Å²) >= 11 is 0. The summed E-state index contributed by atoms with van der Waals surface area (Å²) in [7, 11) is -3.61. The summed E-state index contributed by atoms with van der Waals surface area (Å²) in [4.78, 5) is 14.6. The van der Waals surface area contributed by atoms with Gasteiger partial charge in [0, 0.05) is 24.2 Å². The van der Waals surface area contributed by atoms with Gasteiger partial charge in [-0.3, -0.25) is 4.79 Å². The van der Waals surface area contributed by atoms with Crippen molar-refractivity contribution >= 4 is 15.9 Å². The molecule has 5 nitrogen and oxygen atoms in total. The Hall–Kier alpha value is -2.18. The van der Waals surface area contributed by atoms with E-state index in [1.165, 1.54) is 12.1 Å². The van der Waals surface area contributed by atoms with Crippen LogP contribution in [0.1, 0.15) is 43.6 Å². The van der Waals surface area contributed by atoms with Crippen molar-refractivity contribution < 1.29 is 13.2 Å². The molecule has 2 rings (SSSR count). The molecule has 0 heterocycles. The molecule has 0 spiro atoms. The highest BCUT2D eigenvalue weighted by atomic mass is 32.2. The first-order chi connectivity index (χ1) is 12.1. The second-order valence-corrected chi connectivity index (χ2v) is 8.87.